The lowest BCUT2D eigenvalue weighted by atomic mass is 9.99. The van der Waals surface area contributed by atoms with Crippen molar-refractivity contribution in [1.82, 2.24) is 30.5 Å². The standard InChI is InChI=1S/C21H25N7O/c1-13-15(6-11-28-9-2-3-10-28)18(14-4-5-14)17(24-13)12-16-19(25-27-21(16)29)20-22-7-8-23-26-20/h7-8,12,14,24H,2-6,9-11H2,1H3,(H,27,29). The highest BCUT2D eigenvalue weighted by Crippen LogP contribution is 2.45. The van der Waals surface area contributed by atoms with E-state index in [-0.39, 0.29) is 5.91 Å². The monoisotopic (exact) mass is 391 g/mol. The third kappa shape index (κ3) is 3.60. The number of carbonyl (C=O) groups excluding carboxylic acids is 1. The Bertz CT molecular complexity index is 982. The van der Waals surface area contributed by atoms with Crippen LogP contribution >= 0.6 is 0 Å². The number of amides is 1. The molecular weight excluding hydrogens is 366 g/mol. The first-order valence-corrected chi connectivity index (χ1v) is 10.4. The van der Waals surface area contributed by atoms with Crippen LogP contribution in [0.2, 0.25) is 0 Å². The van der Waals surface area contributed by atoms with E-state index in [1.165, 1.54) is 61.8 Å². The lowest BCUT2D eigenvalue weighted by Gasteiger charge is -2.15. The second kappa shape index (κ2) is 7.51. The van der Waals surface area contributed by atoms with Crippen LogP contribution in [0.25, 0.3) is 6.08 Å². The van der Waals surface area contributed by atoms with Crippen molar-refractivity contribution < 1.29 is 4.79 Å². The number of nitrogens with zero attached hydrogens (tertiary/aromatic N) is 5. The molecule has 29 heavy (non-hydrogen) atoms. The maximum atomic E-state index is 12.5. The van der Waals surface area contributed by atoms with Crippen LogP contribution in [-0.4, -0.2) is 56.3 Å². The lowest BCUT2D eigenvalue weighted by Crippen LogP contribution is -2.22. The Labute approximate surface area is 169 Å². The Kier molecular flexibility index (Phi) is 4.71. The highest BCUT2D eigenvalue weighted by molar-refractivity contribution is 6.32. The minimum Gasteiger partial charge on any atom is -0.359 e. The van der Waals surface area contributed by atoms with Crippen molar-refractivity contribution in [2.24, 2.45) is 5.10 Å². The number of hydrazone groups is 1. The van der Waals surface area contributed by atoms with E-state index in [1.807, 2.05) is 6.08 Å². The van der Waals surface area contributed by atoms with Gasteiger partial charge >= 0.3 is 0 Å². The summed E-state index contributed by atoms with van der Waals surface area (Å²) in [6, 6.07) is 0. The van der Waals surface area contributed by atoms with E-state index in [0.29, 0.717) is 23.0 Å². The van der Waals surface area contributed by atoms with Crippen LogP contribution in [0.15, 0.2) is 23.1 Å². The van der Waals surface area contributed by atoms with E-state index in [1.54, 1.807) is 6.20 Å². The molecule has 8 nitrogen and oxygen atoms in total. The van der Waals surface area contributed by atoms with E-state index in [0.717, 1.165) is 18.7 Å². The van der Waals surface area contributed by atoms with Gasteiger partial charge in [-0.25, -0.2) is 10.4 Å². The average Bonchev–Trinajstić information content (AvgIpc) is 3.16. The quantitative estimate of drug-likeness (QED) is 0.733. The molecule has 0 unspecified atom stereocenters. The molecule has 0 aromatic carbocycles. The molecule has 4 heterocycles. The fourth-order valence-electron chi connectivity index (χ4n) is 4.40. The van der Waals surface area contributed by atoms with Crippen LogP contribution in [0.4, 0.5) is 0 Å². The summed E-state index contributed by atoms with van der Waals surface area (Å²) in [6.07, 6.45) is 11.1. The summed E-state index contributed by atoms with van der Waals surface area (Å²) in [5, 5.41) is 12.0. The molecule has 2 fully saturated rings. The number of hydrogen-bond donors (Lipinski definition) is 2. The Morgan fingerprint density at radius 2 is 2.07 bits per heavy atom. The molecule has 1 aliphatic carbocycles. The number of aromatic amines is 1. The number of rotatable bonds is 6. The summed E-state index contributed by atoms with van der Waals surface area (Å²) < 4.78 is 0. The van der Waals surface area contributed by atoms with Crippen molar-refractivity contribution >= 4 is 17.7 Å². The third-order valence-electron chi connectivity index (χ3n) is 6.00. The smallest absolute Gasteiger partial charge is 0.273 e. The van der Waals surface area contributed by atoms with Crippen molar-refractivity contribution in [2.45, 2.75) is 44.9 Å². The molecule has 3 aliphatic rings. The largest absolute Gasteiger partial charge is 0.359 e. The van der Waals surface area contributed by atoms with E-state index >= 15 is 0 Å². The van der Waals surface area contributed by atoms with Gasteiger partial charge in [-0.05, 0) is 75.2 Å². The zero-order valence-corrected chi connectivity index (χ0v) is 16.6. The van der Waals surface area contributed by atoms with E-state index in [4.69, 9.17) is 0 Å². The molecule has 2 aliphatic heterocycles. The number of nitrogens with one attached hydrogen (secondary N) is 2. The van der Waals surface area contributed by atoms with Crippen LogP contribution in [-0.2, 0) is 11.2 Å². The molecule has 2 N–H and O–H groups in total. The number of hydrogen-bond acceptors (Lipinski definition) is 6. The molecule has 0 spiro atoms. The van der Waals surface area contributed by atoms with Gasteiger partial charge in [0.2, 0.25) is 5.82 Å². The highest BCUT2D eigenvalue weighted by Gasteiger charge is 2.32. The first kappa shape index (κ1) is 18.2. The van der Waals surface area contributed by atoms with Gasteiger partial charge in [-0.3, -0.25) is 4.79 Å². The van der Waals surface area contributed by atoms with Gasteiger partial charge in [0.15, 0.2) is 0 Å². The minimum atomic E-state index is -0.236. The third-order valence-corrected chi connectivity index (χ3v) is 6.00. The van der Waals surface area contributed by atoms with E-state index in [2.05, 4.69) is 42.5 Å². The van der Waals surface area contributed by atoms with E-state index < -0.39 is 0 Å². The number of aryl methyl sites for hydroxylation is 1. The van der Waals surface area contributed by atoms with Gasteiger partial charge in [-0.2, -0.15) is 10.2 Å². The van der Waals surface area contributed by atoms with Crippen LogP contribution in [0, 0.1) is 6.92 Å². The van der Waals surface area contributed by atoms with Crippen molar-refractivity contribution in [2.75, 3.05) is 19.6 Å². The Hall–Kier alpha value is -2.87. The second-order valence-corrected chi connectivity index (χ2v) is 8.05. The van der Waals surface area contributed by atoms with Gasteiger partial charge in [-0.1, -0.05) is 0 Å². The molecule has 2 aromatic heterocycles. The van der Waals surface area contributed by atoms with Gasteiger partial charge in [0, 0.05) is 24.1 Å². The lowest BCUT2D eigenvalue weighted by molar-refractivity contribution is -0.116. The van der Waals surface area contributed by atoms with Crippen LogP contribution < -0.4 is 5.43 Å². The Balaban J connectivity index is 1.48. The molecule has 5 rings (SSSR count). The van der Waals surface area contributed by atoms with Gasteiger partial charge < -0.3 is 9.88 Å². The second-order valence-electron chi connectivity index (χ2n) is 8.05. The molecule has 1 saturated carbocycles. The summed E-state index contributed by atoms with van der Waals surface area (Å²) >= 11 is 0. The predicted octanol–water partition coefficient (Wildman–Crippen LogP) is 1.94. The molecule has 8 heteroatoms. The first-order chi connectivity index (χ1) is 14.2. The van der Waals surface area contributed by atoms with Crippen molar-refractivity contribution in [3.8, 4) is 0 Å². The highest BCUT2D eigenvalue weighted by atomic mass is 16.2. The molecule has 1 saturated heterocycles. The van der Waals surface area contributed by atoms with Crippen LogP contribution in [0.1, 0.15) is 59.9 Å². The molecule has 2 aromatic rings. The fourth-order valence-corrected chi connectivity index (χ4v) is 4.40. The van der Waals surface area contributed by atoms with Gasteiger partial charge in [0.25, 0.3) is 5.91 Å². The predicted molar refractivity (Wildman–Crippen MR) is 109 cm³/mol. The summed E-state index contributed by atoms with van der Waals surface area (Å²) in [5.74, 6) is 0.697. The van der Waals surface area contributed by atoms with Crippen molar-refractivity contribution in [3.63, 3.8) is 0 Å². The normalized spacial score (nSPS) is 21.1. The maximum Gasteiger partial charge on any atom is 0.273 e. The molecular formula is C21H25N7O. The zero-order chi connectivity index (χ0) is 19.8. The molecule has 150 valence electrons. The summed E-state index contributed by atoms with van der Waals surface area (Å²) in [5.41, 5.74) is 8.47. The molecule has 0 radical (unpaired) electrons. The average molecular weight is 391 g/mol. The zero-order valence-electron chi connectivity index (χ0n) is 16.6. The SMILES string of the molecule is Cc1[nH]c(C=C2C(=O)NN=C2c2nccnn2)c(C2CC2)c1CCN1CCCC1. The summed E-state index contributed by atoms with van der Waals surface area (Å²) in [6.45, 7) is 5.67. The Morgan fingerprint density at radius 3 is 2.79 bits per heavy atom. The summed E-state index contributed by atoms with van der Waals surface area (Å²) in [7, 11) is 0. The van der Waals surface area contributed by atoms with Crippen molar-refractivity contribution in [3.05, 3.63) is 46.3 Å². The number of carbonyl (C=O) groups is 1. The maximum absolute atomic E-state index is 12.5. The van der Waals surface area contributed by atoms with Crippen LogP contribution in [0.3, 0.4) is 0 Å². The van der Waals surface area contributed by atoms with E-state index in [9.17, 15) is 4.79 Å². The minimum absolute atomic E-state index is 0.236. The number of H-pyrrole nitrogens is 1. The topological polar surface area (TPSA) is 99.2 Å². The molecule has 0 atom stereocenters. The number of likely N-dealkylation sites (tertiary alicyclic amines) is 1. The van der Waals surface area contributed by atoms with Gasteiger partial charge in [0.05, 0.1) is 11.8 Å². The number of aromatic nitrogens is 4. The van der Waals surface area contributed by atoms with Crippen LogP contribution in [0.5, 0.6) is 0 Å². The Morgan fingerprint density at radius 1 is 1.24 bits per heavy atom. The summed E-state index contributed by atoms with van der Waals surface area (Å²) in [4.78, 5) is 22.8. The first-order valence-electron chi connectivity index (χ1n) is 10.4. The molecule has 0 bridgehead atoms. The van der Waals surface area contributed by atoms with Gasteiger partial charge in [0.1, 0.15) is 5.71 Å². The molecule has 1 amide bonds. The van der Waals surface area contributed by atoms with Crippen molar-refractivity contribution in [1.29, 1.82) is 0 Å². The fraction of sp³-hybridized carbons (Fsp3) is 0.476. The van der Waals surface area contributed by atoms with Gasteiger partial charge in [-0.15, -0.1) is 5.10 Å².